The van der Waals surface area contributed by atoms with E-state index in [0.717, 1.165) is 18.7 Å². The van der Waals surface area contributed by atoms with Crippen molar-refractivity contribution in [2.24, 2.45) is 5.41 Å². The van der Waals surface area contributed by atoms with Gasteiger partial charge in [0.25, 0.3) is 0 Å². The van der Waals surface area contributed by atoms with E-state index in [-0.39, 0.29) is 0 Å². The van der Waals surface area contributed by atoms with E-state index in [1.165, 1.54) is 24.0 Å². The minimum atomic E-state index is 0.299. The average molecular weight is 275 g/mol. The van der Waals surface area contributed by atoms with Crippen molar-refractivity contribution in [1.82, 2.24) is 5.32 Å². The van der Waals surface area contributed by atoms with Crippen LogP contribution in [0.25, 0.3) is 0 Å². The molecule has 0 aromatic heterocycles. The van der Waals surface area contributed by atoms with Gasteiger partial charge in [-0.1, -0.05) is 26.8 Å². The Balaban J connectivity index is 2.13. The van der Waals surface area contributed by atoms with Crippen LogP contribution in [0.4, 0.5) is 0 Å². The van der Waals surface area contributed by atoms with Crippen LogP contribution in [0.15, 0.2) is 18.2 Å². The zero-order chi connectivity index (χ0) is 14.8. The van der Waals surface area contributed by atoms with E-state index in [2.05, 4.69) is 58.1 Å². The quantitative estimate of drug-likeness (QED) is 0.838. The van der Waals surface area contributed by atoms with Gasteiger partial charge in [0.1, 0.15) is 11.9 Å². The normalized spacial score (nSPS) is 24.2. The second-order valence-electron chi connectivity index (χ2n) is 6.22. The van der Waals surface area contributed by atoms with E-state index in [0.29, 0.717) is 17.6 Å². The third-order valence-corrected chi connectivity index (χ3v) is 5.03. The molecule has 1 aliphatic carbocycles. The molecule has 2 nitrogen and oxygen atoms in total. The summed E-state index contributed by atoms with van der Waals surface area (Å²) in [5, 5.41) is 3.63. The minimum Gasteiger partial charge on any atom is -0.490 e. The van der Waals surface area contributed by atoms with Gasteiger partial charge >= 0.3 is 0 Å². The van der Waals surface area contributed by atoms with Crippen LogP contribution < -0.4 is 10.1 Å². The Labute approximate surface area is 123 Å². The molecule has 1 N–H and O–H groups in total. The molecule has 2 atom stereocenters. The molecule has 0 amide bonds. The number of hydrogen-bond donors (Lipinski definition) is 1. The largest absolute Gasteiger partial charge is 0.490 e. The Kier molecular flexibility index (Phi) is 4.74. The van der Waals surface area contributed by atoms with Crippen LogP contribution in [0, 0.1) is 19.3 Å². The Hall–Kier alpha value is -1.02. The van der Waals surface area contributed by atoms with Crippen LogP contribution in [-0.2, 0) is 0 Å². The van der Waals surface area contributed by atoms with Crippen LogP contribution in [0.1, 0.15) is 51.2 Å². The number of hydrogen-bond acceptors (Lipinski definition) is 2. The molecule has 20 heavy (non-hydrogen) atoms. The van der Waals surface area contributed by atoms with Gasteiger partial charge in [0, 0.05) is 17.9 Å². The molecule has 0 radical (unpaired) electrons. The molecule has 1 aromatic rings. The molecule has 1 fully saturated rings. The summed E-state index contributed by atoms with van der Waals surface area (Å²) in [5.74, 6) is 1.04. The Morgan fingerprint density at radius 1 is 1.10 bits per heavy atom. The predicted molar refractivity (Wildman–Crippen MR) is 85.4 cm³/mol. The average Bonchev–Trinajstić information content (AvgIpc) is 2.38. The van der Waals surface area contributed by atoms with Crippen LogP contribution in [0.3, 0.4) is 0 Å². The van der Waals surface area contributed by atoms with Gasteiger partial charge in [-0.25, -0.2) is 0 Å². The number of aryl methyl sites for hydroxylation is 2. The van der Waals surface area contributed by atoms with Crippen LogP contribution in [0.2, 0.25) is 0 Å². The maximum atomic E-state index is 6.35. The van der Waals surface area contributed by atoms with Crippen LogP contribution in [-0.4, -0.2) is 18.7 Å². The molecule has 0 heterocycles. The molecule has 2 unspecified atom stereocenters. The zero-order valence-electron chi connectivity index (χ0n) is 13.6. The molecule has 1 saturated carbocycles. The molecule has 2 heteroatoms. The van der Waals surface area contributed by atoms with Crippen molar-refractivity contribution in [3.05, 3.63) is 29.3 Å². The second-order valence-corrected chi connectivity index (χ2v) is 6.22. The highest BCUT2D eigenvalue weighted by atomic mass is 16.5. The van der Waals surface area contributed by atoms with Gasteiger partial charge in [-0.05, 0) is 56.5 Å². The first-order valence-corrected chi connectivity index (χ1v) is 8.04. The van der Waals surface area contributed by atoms with E-state index in [4.69, 9.17) is 4.74 Å². The highest BCUT2D eigenvalue weighted by molar-refractivity contribution is 5.33. The monoisotopic (exact) mass is 275 g/mol. The lowest BCUT2D eigenvalue weighted by Crippen LogP contribution is -2.64. The minimum absolute atomic E-state index is 0.299. The Bertz CT molecular complexity index is 430. The van der Waals surface area contributed by atoms with Gasteiger partial charge in [0.15, 0.2) is 0 Å². The van der Waals surface area contributed by atoms with E-state index < -0.39 is 0 Å². The third-order valence-electron chi connectivity index (χ3n) is 5.03. The first kappa shape index (κ1) is 15.4. The van der Waals surface area contributed by atoms with E-state index in [9.17, 15) is 0 Å². The fourth-order valence-corrected chi connectivity index (χ4v) is 3.81. The van der Waals surface area contributed by atoms with Crippen molar-refractivity contribution >= 4 is 0 Å². The summed E-state index contributed by atoms with van der Waals surface area (Å²) in [6.45, 7) is 12.1. The molecular formula is C18H29NO. The van der Waals surface area contributed by atoms with Gasteiger partial charge in [-0.3, -0.25) is 0 Å². The maximum Gasteiger partial charge on any atom is 0.120 e. The molecular weight excluding hydrogens is 246 g/mol. The topological polar surface area (TPSA) is 21.3 Å². The smallest absolute Gasteiger partial charge is 0.120 e. The summed E-state index contributed by atoms with van der Waals surface area (Å²) in [4.78, 5) is 0. The maximum absolute atomic E-state index is 6.35. The summed E-state index contributed by atoms with van der Waals surface area (Å²) in [6.07, 6.45) is 3.83. The number of benzene rings is 1. The Morgan fingerprint density at radius 3 is 2.20 bits per heavy atom. The van der Waals surface area contributed by atoms with Crippen molar-refractivity contribution in [2.75, 3.05) is 6.54 Å². The number of nitrogens with one attached hydrogen (secondary N) is 1. The van der Waals surface area contributed by atoms with E-state index >= 15 is 0 Å². The van der Waals surface area contributed by atoms with Crippen molar-refractivity contribution in [3.63, 3.8) is 0 Å². The number of rotatable bonds is 6. The first-order valence-electron chi connectivity index (χ1n) is 8.04. The molecule has 2 rings (SSSR count). The van der Waals surface area contributed by atoms with Crippen molar-refractivity contribution in [1.29, 1.82) is 0 Å². The molecule has 1 aromatic carbocycles. The second kappa shape index (κ2) is 6.17. The summed E-state index contributed by atoms with van der Waals surface area (Å²) in [7, 11) is 0. The van der Waals surface area contributed by atoms with Gasteiger partial charge in [0.05, 0.1) is 0 Å². The van der Waals surface area contributed by atoms with Crippen molar-refractivity contribution < 1.29 is 4.74 Å². The van der Waals surface area contributed by atoms with Gasteiger partial charge in [-0.15, -0.1) is 0 Å². The zero-order valence-corrected chi connectivity index (χ0v) is 13.6. The van der Waals surface area contributed by atoms with Crippen molar-refractivity contribution in [2.45, 2.75) is 66.0 Å². The van der Waals surface area contributed by atoms with Crippen LogP contribution in [0.5, 0.6) is 5.75 Å². The standard InChI is InChI=1S/C18H29NO/c1-6-18(7-2)16(19-8-3)12-17(18)20-15-10-13(4)9-14(5)11-15/h9-11,16-17,19H,6-8,12H2,1-5H3. The van der Waals surface area contributed by atoms with Crippen molar-refractivity contribution in [3.8, 4) is 5.75 Å². The molecule has 1 aliphatic rings. The first-order chi connectivity index (χ1) is 9.55. The molecule has 112 valence electrons. The summed E-state index contributed by atoms with van der Waals surface area (Å²) in [6, 6.07) is 7.12. The lowest BCUT2D eigenvalue weighted by atomic mass is 9.58. The predicted octanol–water partition coefficient (Wildman–Crippen LogP) is 4.24. The summed E-state index contributed by atoms with van der Waals surface area (Å²) >= 11 is 0. The van der Waals surface area contributed by atoms with Gasteiger partial charge < -0.3 is 10.1 Å². The highest BCUT2D eigenvalue weighted by Crippen LogP contribution is 2.49. The Morgan fingerprint density at radius 2 is 1.70 bits per heavy atom. The number of ether oxygens (including phenoxy) is 1. The lowest BCUT2D eigenvalue weighted by Gasteiger charge is -2.55. The fourth-order valence-electron chi connectivity index (χ4n) is 3.81. The SMILES string of the molecule is CCNC1CC(Oc2cc(C)cc(C)c2)C1(CC)CC. The summed E-state index contributed by atoms with van der Waals surface area (Å²) < 4.78 is 6.35. The molecule has 0 bridgehead atoms. The molecule has 0 saturated heterocycles. The van der Waals surface area contributed by atoms with E-state index in [1.54, 1.807) is 0 Å². The fraction of sp³-hybridized carbons (Fsp3) is 0.667. The van der Waals surface area contributed by atoms with Gasteiger partial charge in [-0.2, -0.15) is 0 Å². The highest BCUT2D eigenvalue weighted by Gasteiger charge is 2.53. The van der Waals surface area contributed by atoms with Crippen LogP contribution >= 0.6 is 0 Å². The third kappa shape index (κ3) is 2.71. The van der Waals surface area contributed by atoms with Gasteiger partial charge in [0.2, 0.25) is 0 Å². The summed E-state index contributed by atoms with van der Waals surface area (Å²) in [5.41, 5.74) is 2.86. The molecule has 0 aliphatic heterocycles. The molecule has 0 spiro atoms. The lowest BCUT2D eigenvalue weighted by molar-refractivity contribution is -0.0854. The van der Waals surface area contributed by atoms with E-state index in [1.807, 2.05) is 0 Å².